The molecule has 3 nitrogen and oxygen atoms in total. The van der Waals surface area contributed by atoms with Gasteiger partial charge in [0.15, 0.2) is 11.6 Å². The van der Waals surface area contributed by atoms with E-state index in [1.807, 2.05) is 31.2 Å². The summed E-state index contributed by atoms with van der Waals surface area (Å²) in [4.78, 5) is 4.02. The lowest BCUT2D eigenvalue weighted by molar-refractivity contribution is 0.227. The monoisotopic (exact) mass is 326 g/mol. The predicted octanol–water partition coefficient (Wildman–Crippen LogP) is 4.22. The van der Waals surface area contributed by atoms with Gasteiger partial charge in [0.25, 0.3) is 0 Å². The van der Waals surface area contributed by atoms with Crippen LogP contribution in [0.5, 0.6) is 5.75 Å². The number of aromatic nitrogens is 1. The standard InChI is InChI=1S/C13H12BrClN2O/c1-8(10-4-2-3-5-11(10)15)18-12-6-9(14)7-17-13(12)16/h2-8H,1H3,(H2,16,17). The largest absolute Gasteiger partial charge is 0.482 e. The molecule has 1 aromatic carbocycles. The highest BCUT2D eigenvalue weighted by Crippen LogP contribution is 2.30. The second-order valence-corrected chi connectivity index (χ2v) is 5.14. The Kier molecular flexibility index (Phi) is 4.09. The molecule has 1 aromatic heterocycles. The number of ether oxygens (including phenoxy) is 1. The average molecular weight is 328 g/mol. The summed E-state index contributed by atoms with van der Waals surface area (Å²) in [5.74, 6) is 0.897. The van der Waals surface area contributed by atoms with Gasteiger partial charge in [-0.25, -0.2) is 4.98 Å². The summed E-state index contributed by atoms with van der Waals surface area (Å²) in [7, 11) is 0. The molecule has 0 saturated carbocycles. The van der Waals surface area contributed by atoms with Crippen LogP contribution in [0.3, 0.4) is 0 Å². The van der Waals surface area contributed by atoms with Crippen LogP contribution in [0.2, 0.25) is 5.02 Å². The molecule has 5 heteroatoms. The summed E-state index contributed by atoms with van der Waals surface area (Å²) in [6.07, 6.45) is 1.43. The van der Waals surface area contributed by atoms with Gasteiger partial charge in [0.1, 0.15) is 6.10 Å². The highest BCUT2D eigenvalue weighted by Gasteiger charge is 2.13. The van der Waals surface area contributed by atoms with Crippen molar-refractivity contribution in [2.75, 3.05) is 5.73 Å². The molecule has 94 valence electrons. The summed E-state index contributed by atoms with van der Waals surface area (Å²) in [5, 5.41) is 0.673. The van der Waals surface area contributed by atoms with Gasteiger partial charge in [-0.1, -0.05) is 29.8 Å². The molecule has 2 aromatic rings. The smallest absolute Gasteiger partial charge is 0.166 e. The first-order valence-corrected chi connectivity index (χ1v) is 6.57. The summed E-state index contributed by atoms with van der Waals surface area (Å²) in [6.45, 7) is 1.92. The van der Waals surface area contributed by atoms with Crippen LogP contribution in [0, 0.1) is 0 Å². The molecule has 0 amide bonds. The van der Waals surface area contributed by atoms with Crippen molar-refractivity contribution in [3.63, 3.8) is 0 Å². The number of halogens is 2. The third kappa shape index (κ3) is 2.94. The zero-order valence-corrected chi connectivity index (χ0v) is 12.1. The summed E-state index contributed by atoms with van der Waals surface area (Å²) in [5.41, 5.74) is 6.68. The molecular weight excluding hydrogens is 316 g/mol. The fourth-order valence-corrected chi connectivity index (χ4v) is 2.18. The second kappa shape index (κ2) is 5.59. The van der Waals surface area contributed by atoms with Crippen molar-refractivity contribution < 1.29 is 4.74 Å². The van der Waals surface area contributed by atoms with Crippen LogP contribution in [-0.4, -0.2) is 4.98 Å². The summed E-state index contributed by atoms with van der Waals surface area (Å²) in [6, 6.07) is 9.35. The van der Waals surface area contributed by atoms with Crippen LogP contribution in [-0.2, 0) is 0 Å². The molecule has 1 unspecified atom stereocenters. The van der Waals surface area contributed by atoms with E-state index in [4.69, 9.17) is 22.1 Å². The minimum Gasteiger partial charge on any atom is -0.482 e. The van der Waals surface area contributed by atoms with Crippen LogP contribution >= 0.6 is 27.5 Å². The highest BCUT2D eigenvalue weighted by molar-refractivity contribution is 9.10. The molecule has 0 spiro atoms. The molecule has 0 radical (unpaired) electrons. The number of nitrogens with zero attached hydrogens (tertiary/aromatic N) is 1. The van der Waals surface area contributed by atoms with Crippen molar-refractivity contribution in [3.05, 3.63) is 51.6 Å². The topological polar surface area (TPSA) is 48.1 Å². The quantitative estimate of drug-likeness (QED) is 0.918. The van der Waals surface area contributed by atoms with Crippen molar-refractivity contribution in [1.29, 1.82) is 0 Å². The Bertz CT molecular complexity index is 562. The van der Waals surface area contributed by atoms with Crippen LogP contribution in [0.25, 0.3) is 0 Å². The Labute approximate surface area is 119 Å². The lowest BCUT2D eigenvalue weighted by Crippen LogP contribution is -2.06. The van der Waals surface area contributed by atoms with Crippen molar-refractivity contribution in [3.8, 4) is 5.75 Å². The van der Waals surface area contributed by atoms with E-state index in [1.54, 1.807) is 12.3 Å². The van der Waals surface area contributed by atoms with E-state index in [2.05, 4.69) is 20.9 Å². The van der Waals surface area contributed by atoms with Gasteiger partial charge in [-0.05, 0) is 35.0 Å². The third-order valence-corrected chi connectivity index (χ3v) is 3.27. The third-order valence-electron chi connectivity index (χ3n) is 2.50. The van der Waals surface area contributed by atoms with Gasteiger partial charge in [-0.3, -0.25) is 0 Å². The minimum atomic E-state index is -0.197. The zero-order valence-electron chi connectivity index (χ0n) is 9.73. The number of anilines is 1. The lowest BCUT2D eigenvalue weighted by Gasteiger charge is -2.17. The summed E-state index contributed by atoms with van der Waals surface area (Å²) >= 11 is 9.45. The first-order chi connectivity index (χ1) is 8.58. The fourth-order valence-electron chi connectivity index (χ4n) is 1.58. The van der Waals surface area contributed by atoms with Gasteiger partial charge in [0, 0.05) is 21.3 Å². The number of pyridine rings is 1. The zero-order chi connectivity index (χ0) is 13.1. The molecule has 0 bridgehead atoms. The number of hydrogen-bond acceptors (Lipinski definition) is 3. The number of hydrogen-bond donors (Lipinski definition) is 1. The van der Waals surface area contributed by atoms with Crippen molar-refractivity contribution in [2.45, 2.75) is 13.0 Å². The van der Waals surface area contributed by atoms with E-state index in [0.29, 0.717) is 16.6 Å². The SMILES string of the molecule is CC(Oc1cc(Br)cnc1N)c1ccccc1Cl. The van der Waals surface area contributed by atoms with E-state index >= 15 is 0 Å². The molecule has 18 heavy (non-hydrogen) atoms. The number of benzene rings is 1. The molecule has 1 atom stereocenters. The first-order valence-electron chi connectivity index (χ1n) is 5.40. The van der Waals surface area contributed by atoms with E-state index < -0.39 is 0 Å². The van der Waals surface area contributed by atoms with Gasteiger partial charge < -0.3 is 10.5 Å². The van der Waals surface area contributed by atoms with Crippen LogP contribution in [0.1, 0.15) is 18.6 Å². The van der Waals surface area contributed by atoms with Crippen LogP contribution in [0.4, 0.5) is 5.82 Å². The van der Waals surface area contributed by atoms with Gasteiger partial charge >= 0.3 is 0 Å². The molecule has 0 aliphatic rings. The molecule has 2 N–H and O–H groups in total. The average Bonchev–Trinajstić information content (AvgIpc) is 2.34. The molecule has 0 saturated heterocycles. The van der Waals surface area contributed by atoms with E-state index in [0.717, 1.165) is 10.0 Å². The van der Waals surface area contributed by atoms with Gasteiger partial charge in [0.2, 0.25) is 0 Å². The maximum Gasteiger partial charge on any atom is 0.166 e. The van der Waals surface area contributed by atoms with Crippen LogP contribution < -0.4 is 10.5 Å². The van der Waals surface area contributed by atoms with Crippen molar-refractivity contribution >= 4 is 33.3 Å². The minimum absolute atomic E-state index is 0.197. The van der Waals surface area contributed by atoms with Crippen LogP contribution in [0.15, 0.2) is 41.0 Å². The molecule has 0 aliphatic heterocycles. The maximum atomic E-state index is 6.12. The van der Waals surface area contributed by atoms with Crippen molar-refractivity contribution in [2.24, 2.45) is 0 Å². The number of nitrogens with two attached hydrogens (primary N) is 1. The Morgan fingerprint density at radius 3 is 2.83 bits per heavy atom. The molecule has 0 aliphatic carbocycles. The van der Waals surface area contributed by atoms with Gasteiger partial charge in [0.05, 0.1) is 0 Å². The van der Waals surface area contributed by atoms with E-state index in [-0.39, 0.29) is 6.10 Å². The van der Waals surface area contributed by atoms with E-state index in [9.17, 15) is 0 Å². The van der Waals surface area contributed by atoms with Gasteiger partial charge in [-0.15, -0.1) is 0 Å². The fraction of sp³-hybridized carbons (Fsp3) is 0.154. The Balaban J connectivity index is 2.24. The lowest BCUT2D eigenvalue weighted by atomic mass is 10.1. The normalized spacial score (nSPS) is 12.2. The highest BCUT2D eigenvalue weighted by atomic mass is 79.9. The molecule has 1 heterocycles. The number of rotatable bonds is 3. The van der Waals surface area contributed by atoms with Gasteiger partial charge in [-0.2, -0.15) is 0 Å². The second-order valence-electron chi connectivity index (χ2n) is 3.82. The predicted molar refractivity (Wildman–Crippen MR) is 76.8 cm³/mol. The molecule has 0 fully saturated rings. The summed E-state index contributed by atoms with van der Waals surface area (Å²) < 4.78 is 6.61. The first kappa shape index (κ1) is 13.2. The Morgan fingerprint density at radius 1 is 1.39 bits per heavy atom. The van der Waals surface area contributed by atoms with E-state index in [1.165, 1.54) is 0 Å². The number of nitrogen functional groups attached to an aromatic ring is 1. The van der Waals surface area contributed by atoms with Crippen molar-refractivity contribution in [1.82, 2.24) is 4.98 Å². The Hall–Kier alpha value is -1.26. The molecule has 2 rings (SSSR count). The Morgan fingerprint density at radius 2 is 2.11 bits per heavy atom. The maximum absolute atomic E-state index is 6.12. The molecular formula is C13H12BrClN2O.